The monoisotopic (exact) mass is 418 g/mol. The molecule has 1 saturated heterocycles. The van der Waals surface area contributed by atoms with Crippen LogP contribution in [0, 0.1) is 10.1 Å². The summed E-state index contributed by atoms with van der Waals surface area (Å²) in [6.07, 6.45) is 3.08. The first-order chi connectivity index (χ1) is 12.8. The summed E-state index contributed by atoms with van der Waals surface area (Å²) in [6, 6.07) is 12.1. The van der Waals surface area contributed by atoms with Gasteiger partial charge in [0.2, 0.25) is 0 Å². The lowest BCUT2D eigenvalue weighted by molar-refractivity contribution is -0.384. The van der Waals surface area contributed by atoms with E-state index >= 15 is 0 Å². The number of amides is 1. The number of hydrogen-bond donors (Lipinski definition) is 1. The van der Waals surface area contributed by atoms with Crippen molar-refractivity contribution in [2.45, 2.75) is 0 Å². The molecule has 0 aromatic heterocycles. The van der Waals surface area contributed by atoms with Crippen LogP contribution in [0.2, 0.25) is 0 Å². The number of thiocarbonyl (C=S) groups is 1. The summed E-state index contributed by atoms with van der Waals surface area (Å²) < 4.78 is 0.330. The van der Waals surface area contributed by atoms with Gasteiger partial charge in [0, 0.05) is 23.2 Å². The van der Waals surface area contributed by atoms with Crippen molar-refractivity contribution in [3.05, 3.63) is 80.2 Å². The van der Waals surface area contributed by atoms with Gasteiger partial charge in [-0.15, -0.1) is 0 Å². The molecule has 1 N–H and O–H groups in total. The van der Waals surface area contributed by atoms with E-state index in [0.29, 0.717) is 20.5 Å². The summed E-state index contributed by atoms with van der Waals surface area (Å²) in [5, 5.41) is 20.6. The minimum absolute atomic E-state index is 0.0183. The molecule has 1 amide bonds. The van der Waals surface area contributed by atoms with Crippen molar-refractivity contribution >= 4 is 63.3 Å². The van der Waals surface area contributed by atoms with Gasteiger partial charge in [-0.2, -0.15) is 0 Å². The number of phenolic OH excluding ortho intramolecular Hbond substituents is 1. The number of anilines is 1. The summed E-state index contributed by atoms with van der Waals surface area (Å²) in [4.78, 5) is 24.5. The average molecular weight is 419 g/mol. The first kappa shape index (κ1) is 19.1. The van der Waals surface area contributed by atoms with Crippen LogP contribution in [0.25, 0.3) is 6.08 Å². The van der Waals surface area contributed by atoms with Crippen LogP contribution in [-0.4, -0.2) is 20.3 Å². The van der Waals surface area contributed by atoms with E-state index < -0.39 is 4.92 Å². The molecule has 3 rings (SSSR count). The molecule has 1 heterocycles. The molecule has 0 aliphatic carbocycles. The smallest absolute Gasteiger partial charge is 0.270 e. The van der Waals surface area contributed by atoms with Gasteiger partial charge in [-0.25, -0.2) is 0 Å². The van der Waals surface area contributed by atoms with Crippen molar-refractivity contribution in [1.82, 2.24) is 0 Å². The van der Waals surface area contributed by atoms with Gasteiger partial charge in [0.15, 0.2) is 4.32 Å². The second-order valence-electron chi connectivity index (χ2n) is 5.41. The fourth-order valence-corrected chi connectivity index (χ4v) is 3.93. The SMILES string of the molecule is O=C1C(=CC(Cl)=Cc2ccc([N+](=O)[O-])cc2)SC(=S)N1c1cccc(O)c1. The number of phenols is 1. The Morgan fingerprint density at radius 3 is 2.59 bits per heavy atom. The van der Waals surface area contributed by atoms with E-state index in [4.69, 9.17) is 23.8 Å². The molecule has 0 atom stereocenters. The van der Waals surface area contributed by atoms with E-state index in [1.807, 2.05) is 0 Å². The second kappa shape index (κ2) is 7.91. The van der Waals surface area contributed by atoms with Gasteiger partial charge in [-0.3, -0.25) is 19.8 Å². The first-order valence-electron chi connectivity index (χ1n) is 7.54. The number of nitro groups is 1. The summed E-state index contributed by atoms with van der Waals surface area (Å²) in [5.74, 6) is -0.313. The van der Waals surface area contributed by atoms with Crippen LogP contribution in [0.1, 0.15) is 5.56 Å². The van der Waals surface area contributed by atoms with Crippen LogP contribution in [0.3, 0.4) is 0 Å². The molecule has 136 valence electrons. The van der Waals surface area contributed by atoms with Gasteiger partial charge < -0.3 is 5.11 Å². The lowest BCUT2D eigenvalue weighted by atomic mass is 10.2. The topological polar surface area (TPSA) is 83.7 Å². The molecule has 6 nitrogen and oxygen atoms in total. The zero-order chi connectivity index (χ0) is 19.6. The number of carbonyl (C=O) groups is 1. The summed E-state index contributed by atoms with van der Waals surface area (Å²) in [6.45, 7) is 0. The van der Waals surface area contributed by atoms with Crippen LogP contribution < -0.4 is 4.90 Å². The number of aromatic hydroxyl groups is 1. The quantitative estimate of drug-likeness (QED) is 0.331. The van der Waals surface area contributed by atoms with E-state index in [2.05, 4.69) is 0 Å². The number of thioether (sulfide) groups is 1. The Hall–Kier alpha value is -2.68. The van der Waals surface area contributed by atoms with Crippen LogP contribution in [0.4, 0.5) is 11.4 Å². The number of rotatable bonds is 4. The highest BCUT2D eigenvalue weighted by Gasteiger charge is 2.33. The van der Waals surface area contributed by atoms with Crippen molar-refractivity contribution < 1.29 is 14.8 Å². The molecule has 0 spiro atoms. The third-order valence-corrected chi connectivity index (χ3v) is 5.08. The van der Waals surface area contributed by atoms with Crippen molar-refractivity contribution in [1.29, 1.82) is 0 Å². The Labute approximate surface area is 168 Å². The van der Waals surface area contributed by atoms with Crippen molar-refractivity contribution in [2.24, 2.45) is 0 Å². The van der Waals surface area contributed by atoms with E-state index in [-0.39, 0.29) is 22.4 Å². The van der Waals surface area contributed by atoms with E-state index in [0.717, 1.165) is 11.8 Å². The van der Waals surface area contributed by atoms with E-state index in [9.17, 15) is 20.0 Å². The Bertz CT molecular complexity index is 1000. The predicted octanol–water partition coefficient (Wildman–Crippen LogP) is 4.83. The van der Waals surface area contributed by atoms with Crippen molar-refractivity contribution in [3.63, 3.8) is 0 Å². The fraction of sp³-hybridized carbons (Fsp3) is 0. The van der Waals surface area contributed by atoms with Crippen LogP contribution >= 0.6 is 35.6 Å². The molecular weight excluding hydrogens is 408 g/mol. The minimum atomic E-state index is -0.484. The second-order valence-corrected chi connectivity index (χ2v) is 7.53. The largest absolute Gasteiger partial charge is 0.508 e. The zero-order valence-electron chi connectivity index (χ0n) is 13.5. The van der Waals surface area contributed by atoms with E-state index in [1.54, 1.807) is 30.3 Å². The highest BCUT2D eigenvalue weighted by Crippen LogP contribution is 2.36. The van der Waals surface area contributed by atoms with Gasteiger partial charge in [-0.1, -0.05) is 41.6 Å². The van der Waals surface area contributed by atoms with Crippen molar-refractivity contribution in [2.75, 3.05) is 4.90 Å². The van der Waals surface area contributed by atoms with Gasteiger partial charge in [-0.05, 0) is 42.0 Å². The van der Waals surface area contributed by atoms with Crippen LogP contribution in [0.15, 0.2) is 64.5 Å². The number of carbonyl (C=O) groups excluding carboxylic acids is 1. The van der Waals surface area contributed by atoms with Crippen molar-refractivity contribution in [3.8, 4) is 5.75 Å². The fourth-order valence-electron chi connectivity index (χ4n) is 2.34. The maximum absolute atomic E-state index is 12.6. The number of non-ortho nitro benzene ring substituents is 1. The van der Waals surface area contributed by atoms with Gasteiger partial charge in [0.1, 0.15) is 5.75 Å². The third kappa shape index (κ3) is 4.36. The summed E-state index contributed by atoms with van der Waals surface area (Å²) in [5.41, 5.74) is 1.11. The first-order valence-corrected chi connectivity index (χ1v) is 9.14. The molecule has 1 fully saturated rings. The van der Waals surface area contributed by atoms with E-state index in [1.165, 1.54) is 35.2 Å². The predicted molar refractivity (Wildman–Crippen MR) is 111 cm³/mol. The molecule has 27 heavy (non-hydrogen) atoms. The molecule has 2 aromatic carbocycles. The average Bonchev–Trinajstić information content (AvgIpc) is 2.88. The van der Waals surface area contributed by atoms with Crippen LogP contribution in [-0.2, 0) is 4.79 Å². The highest BCUT2D eigenvalue weighted by atomic mass is 35.5. The lowest BCUT2D eigenvalue weighted by Crippen LogP contribution is -2.27. The Morgan fingerprint density at radius 1 is 1.26 bits per heavy atom. The normalized spacial score (nSPS) is 16.3. The number of allylic oxidation sites excluding steroid dienone is 2. The third-order valence-electron chi connectivity index (χ3n) is 3.56. The minimum Gasteiger partial charge on any atom is -0.508 e. The molecule has 0 radical (unpaired) electrons. The Balaban J connectivity index is 1.83. The number of benzene rings is 2. The molecule has 0 bridgehead atoms. The standard InChI is InChI=1S/C18H11ClN2O4S2/c19-12(8-11-4-6-13(7-5-11)21(24)25)9-16-17(23)20(18(26)27-16)14-2-1-3-15(22)10-14/h1-10,22H. The molecular formula is C18H11ClN2O4S2. The number of halogens is 1. The van der Waals surface area contributed by atoms with Gasteiger partial charge in [0.05, 0.1) is 15.5 Å². The Kier molecular flexibility index (Phi) is 5.59. The van der Waals surface area contributed by atoms with Gasteiger partial charge >= 0.3 is 0 Å². The molecule has 0 unspecified atom stereocenters. The number of hydrogen-bond acceptors (Lipinski definition) is 6. The zero-order valence-corrected chi connectivity index (χ0v) is 15.9. The highest BCUT2D eigenvalue weighted by molar-refractivity contribution is 8.27. The number of nitro benzene ring substituents is 1. The van der Waals surface area contributed by atoms with Crippen LogP contribution in [0.5, 0.6) is 5.75 Å². The molecule has 2 aromatic rings. The molecule has 0 saturated carbocycles. The maximum Gasteiger partial charge on any atom is 0.270 e. The Morgan fingerprint density at radius 2 is 1.96 bits per heavy atom. The van der Waals surface area contributed by atoms with Gasteiger partial charge in [0.25, 0.3) is 11.6 Å². The summed E-state index contributed by atoms with van der Waals surface area (Å²) in [7, 11) is 0. The number of nitrogens with zero attached hydrogens (tertiary/aromatic N) is 2. The summed E-state index contributed by atoms with van der Waals surface area (Å²) >= 11 is 12.6. The lowest BCUT2D eigenvalue weighted by Gasteiger charge is -2.14. The molecule has 9 heteroatoms. The maximum atomic E-state index is 12.6. The molecule has 1 aliphatic heterocycles. The molecule has 1 aliphatic rings.